The molecule has 17 heavy (non-hydrogen) atoms. The van der Waals surface area contributed by atoms with E-state index < -0.39 is 0 Å². The van der Waals surface area contributed by atoms with Crippen LogP contribution in [0.3, 0.4) is 0 Å². The van der Waals surface area contributed by atoms with Crippen LogP contribution in [-0.4, -0.2) is 12.1 Å². The first-order chi connectivity index (χ1) is 8.16. The van der Waals surface area contributed by atoms with Crippen molar-refractivity contribution >= 4 is 15.9 Å². The molecular weight excluding hydrogens is 278 g/mol. The molecule has 0 aromatic heterocycles. The monoisotopic (exact) mass is 297 g/mol. The summed E-state index contributed by atoms with van der Waals surface area (Å²) in [7, 11) is 0. The second-order valence-corrected chi connectivity index (χ2v) is 5.75. The Labute approximate surface area is 112 Å². The number of halogens is 1. The zero-order chi connectivity index (χ0) is 12.3. The largest absolute Gasteiger partial charge is 0.491 e. The first-order valence-electron chi connectivity index (χ1n) is 6.34. The van der Waals surface area contributed by atoms with Crippen molar-refractivity contribution in [2.45, 2.75) is 51.8 Å². The van der Waals surface area contributed by atoms with Crippen LogP contribution in [0.5, 0.6) is 5.75 Å². The molecule has 3 heteroatoms. The molecule has 0 atom stereocenters. The molecule has 1 fully saturated rings. The Kier molecular flexibility index (Phi) is 4.46. The maximum atomic E-state index is 5.84. The van der Waals surface area contributed by atoms with Crippen molar-refractivity contribution < 1.29 is 4.74 Å². The zero-order valence-electron chi connectivity index (χ0n) is 10.5. The van der Waals surface area contributed by atoms with Crippen LogP contribution in [0.1, 0.15) is 38.7 Å². The molecule has 1 N–H and O–H groups in total. The molecule has 0 saturated heterocycles. The summed E-state index contributed by atoms with van der Waals surface area (Å²) in [6.07, 6.45) is 4.20. The molecule has 1 aliphatic carbocycles. The molecule has 2 rings (SSSR count). The molecule has 0 amide bonds. The number of ether oxygens (including phenoxy) is 1. The first kappa shape index (κ1) is 12.9. The molecule has 2 nitrogen and oxygen atoms in total. The van der Waals surface area contributed by atoms with Gasteiger partial charge in [0.1, 0.15) is 5.75 Å². The van der Waals surface area contributed by atoms with Crippen molar-refractivity contribution in [3.8, 4) is 5.75 Å². The number of benzene rings is 1. The molecule has 1 saturated carbocycles. The van der Waals surface area contributed by atoms with Gasteiger partial charge in [0.2, 0.25) is 0 Å². The van der Waals surface area contributed by atoms with Gasteiger partial charge in [0.05, 0.1) is 6.10 Å². The summed E-state index contributed by atoms with van der Waals surface area (Å²) in [5.41, 5.74) is 1.23. The summed E-state index contributed by atoms with van der Waals surface area (Å²) in [6.45, 7) is 5.00. The van der Waals surface area contributed by atoms with Crippen LogP contribution in [-0.2, 0) is 6.54 Å². The van der Waals surface area contributed by atoms with Crippen molar-refractivity contribution in [2.24, 2.45) is 0 Å². The number of nitrogens with one attached hydrogen (secondary N) is 1. The van der Waals surface area contributed by atoms with Crippen molar-refractivity contribution in [1.29, 1.82) is 0 Å². The van der Waals surface area contributed by atoms with Crippen LogP contribution in [0.25, 0.3) is 0 Å². The van der Waals surface area contributed by atoms with E-state index in [9.17, 15) is 0 Å². The molecule has 0 aliphatic heterocycles. The van der Waals surface area contributed by atoms with Gasteiger partial charge in [-0.3, -0.25) is 0 Å². The lowest BCUT2D eigenvalue weighted by atomic mass is 9.93. The molecular formula is C14H20BrNO. The van der Waals surface area contributed by atoms with E-state index in [0.717, 1.165) is 16.8 Å². The lowest BCUT2D eigenvalue weighted by Gasteiger charge is -2.27. The summed E-state index contributed by atoms with van der Waals surface area (Å²) >= 11 is 3.61. The fourth-order valence-electron chi connectivity index (χ4n) is 1.93. The quantitative estimate of drug-likeness (QED) is 0.890. The Morgan fingerprint density at radius 2 is 2.18 bits per heavy atom. The fourth-order valence-corrected chi connectivity index (χ4v) is 2.42. The SMILES string of the molecule is CC(C)Oc1cccc(Br)c1CNC1CCC1. The Morgan fingerprint density at radius 3 is 2.76 bits per heavy atom. The maximum absolute atomic E-state index is 5.84. The number of rotatable bonds is 5. The van der Waals surface area contributed by atoms with Crippen LogP contribution in [0.15, 0.2) is 22.7 Å². The Bertz CT molecular complexity index is 374. The predicted octanol–water partition coefficient (Wildman–Crippen LogP) is 3.88. The van der Waals surface area contributed by atoms with Gasteiger partial charge in [-0.1, -0.05) is 28.4 Å². The summed E-state index contributed by atoms with van der Waals surface area (Å²) in [5.74, 6) is 0.987. The molecule has 94 valence electrons. The van der Waals surface area contributed by atoms with Gasteiger partial charge >= 0.3 is 0 Å². The van der Waals surface area contributed by atoms with E-state index in [1.807, 2.05) is 12.1 Å². The lowest BCUT2D eigenvalue weighted by Crippen LogP contribution is -2.34. The maximum Gasteiger partial charge on any atom is 0.125 e. The zero-order valence-corrected chi connectivity index (χ0v) is 12.1. The third kappa shape index (κ3) is 3.46. The van der Waals surface area contributed by atoms with E-state index in [1.54, 1.807) is 0 Å². The van der Waals surface area contributed by atoms with Crippen molar-refractivity contribution in [3.05, 3.63) is 28.2 Å². The lowest BCUT2D eigenvalue weighted by molar-refractivity contribution is 0.238. The van der Waals surface area contributed by atoms with Crippen LogP contribution in [0.2, 0.25) is 0 Å². The third-order valence-corrected chi connectivity index (χ3v) is 3.85. The Morgan fingerprint density at radius 1 is 1.41 bits per heavy atom. The molecule has 0 unspecified atom stereocenters. The minimum atomic E-state index is 0.215. The normalized spacial score (nSPS) is 16.0. The highest BCUT2D eigenvalue weighted by Gasteiger charge is 2.18. The summed E-state index contributed by atoms with van der Waals surface area (Å²) in [5, 5.41) is 3.58. The Hall–Kier alpha value is -0.540. The molecule has 1 aliphatic rings. The van der Waals surface area contributed by atoms with Crippen LogP contribution < -0.4 is 10.1 Å². The summed E-state index contributed by atoms with van der Waals surface area (Å²) in [4.78, 5) is 0. The average Bonchev–Trinajstić information content (AvgIpc) is 2.18. The van der Waals surface area contributed by atoms with Gasteiger partial charge in [0.25, 0.3) is 0 Å². The number of hydrogen-bond acceptors (Lipinski definition) is 2. The molecule has 1 aromatic rings. The fraction of sp³-hybridized carbons (Fsp3) is 0.571. The van der Waals surface area contributed by atoms with Gasteiger partial charge in [-0.05, 0) is 38.8 Å². The smallest absolute Gasteiger partial charge is 0.125 e. The van der Waals surface area contributed by atoms with Crippen LogP contribution >= 0.6 is 15.9 Å². The predicted molar refractivity (Wildman–Crippen MR) is 74.4 cm³/mol. The highest BCUT2D eigenvalue weighted by Crippen LogP contribution is 2.28. The van der Waals surface area contributed by atoms with Crippen LogP contribution in [0.4, 0.5) is 0 Å². The third-order valence-electron chi connectivity index (χ3n) is 3.11. The number of hydrogen-bond donors (Lipinski definition) is 1. The van der Waals surface area contributed by atoms with E-state index in [4.69, 9.17) is 4.74 Å². The molecule has 0 radical (unpaired) electrons. The minimum Gasteiger partial charge on any atom is -0.491 e. The van der Waals surface area contributed by atoms with E-state index in [1.165, 1.54) is 24.8 Å². The standard InChI is InChI=1S/C14H20BrNO/c1-10(2)17-14-8-4-7-13(15)12(14)9-16-11-5-3-6-11/h4,7-8,10-11,16H,3,5-6,9H2,1-2H3. The van der Waals surface area contributed by atoms with Gasteiger partial charge in [-0.25, -0.2) is 0 Å². The average molecular weight is 298 g/mol. The van der Waals surface area contributed by atoms with E-state index >= 15 is 0 Å². The summed E-state index contributed by atoms with van der Waals surface area (Å²) < 4.78 is 6.97. The van der Waals surface area contributed by atoms with Gasteiger partial charge in [-0.2, -0.15) is 0 Å². The highest BCUT2D eigenvalue weighted by molar-refractivity contribution is 9.10. The molecule has 0 bridgehead atoms. The minimum absolute atomic E-state index is 0.215. The molecule has 1 aromatic carbocycles. The van der Waals surface area contributed by atoms with Gasteiger partial charge in [-0.15, -0.1) is 0 Å². The van der Waals surface area contributed by atoms with Crippen LogP contribution in [0, 0.1) is 0 Å². The second kappa shape index (κ2) is 5.87. The van der Waals surface area contributed by atoms with Crippen molar-refractivity contribution in [2.75, 3.05) is 0 Å². The van der Waals surface area contributed by atoms with Gasteiger partial charge < -0.3 is 10.1 Å². The van der Waals surface area contributed by atoms with E-state index in [2.05, 4.69) is 41.2 Å². The topological polar surface area (TPSA) is 21.3 Å². The summed E-state index contributed by atoms with van der Waals surface area (Å²) in [6, 6.07) is 6.84. The molecule has 0 heterocycles. The Balaban J connectivity index is 2.05. The highest BCUT2D eigenvalue weighted by atomic mass is 79.9. The first-order valence-corrected chi connectivity index (χ1v) is 7.13. The van der Waals surface area contributed by atoms with E-state index in [-0.39, 0.29) is 6.10 Å². The van der Waals surface area contributed by atoms with Gasteiger partial charge in [0.15, 0.2) is 0 Å². The van der Waals surface area contributed by atoms with Crippen molar-refractivity contribution in [1.82, 2.24) is 5.32 Å². The van der Waals surface area contributed by atoms with Gasteiger partial charge in [0, 0.05) is 22.6 Å². The van der Waals surface area contributed by atoms with Crippen molar-refractivity contribution in [3.63, 3.8) is 0 Å². The molecule has 0 spiro atoms. The van der Waals surface area contributed by atoms with E-state index in [0.29, 0.717) is 6.04 Å². The second-order valence-electron chi connectivity index (χ2n) is 4.89.